The number of carbonyl (C=O) groups is 1. The summed E-state index contributed by atoms with van der Waals surface area (Å²) in [5, 5.41) is 4.78. The predicted molar refractivity (Wildman–Crippen MR) is 108 cm³/mol. The van der Waals surface area contributed by atoms with Crippen LogP contribution in [-0.2, 0) is 14.8 Å². The van der Waals surface area contributed by atoms with Gasteiger partial charge in [-0.1, -0.05) is 18.2 Å². The highest BCUT2D eigenvalue weighted by Gasteiger charge is 2.30. The molecule has 4 rings (SSSR count). The summed E-state index contributed by atoms with van der Waals surface area (Å²) in [7, 11) is -1.76. The Kier molecular flexibility index (Phi) is 4.76. The topological polar surface area (TPSA) is 88.9 Å². The number of amides is 1. The minimum atomic E-state index is -3.31. The summed E-state index contributed by atoms with van der Waals surface area (Å²) in [6.07, 6.45) is 2.48. The summed E-state index contributed by atoms with van der Waals surface area (Å²) < 4.78 is 36.3. The standard InChI is InChI=1S/C20H22N2O5S/c1-26-19-10-15-14-7-3-4-8-17(14)27-18(15)11-16(19)21-20(23)13-6-5-9-22(12-13)28(2,24)25/h3-4,7-8,10-11,13H,5-6,9,12H2,1-2H3,(H,21,23). The van der Waals surface area contributed by atoms with Crippen molar-refractivity contribution in [2.45, 2.75) is 12.8 Å². The smallest absolute Gasteiger partial charge is 0.228 e. The van der Waals surface area contributed by atoms with Crippen molar-refractivity contribution in [1.29, 1.82) is 0 Å². The van der Waals surface area contributed by atoms with E-state index in [1.807, 2.05) is 30.3 Å². The molecule has 0 aliphatic carbocycles. The number of piperidine rings is 1. The summed E-state index contributed by atoms with van der Waals surface area (Å²) in [6.45, 7) is 0.650. The third kappa shape index (κ3) is 3.45. The molecule has 0 radical (unpaired) electrons. The number of carbonyl (C=O) groups excluding carboxylic acids is 1. The van der Waals surface area contributed by atoms with Crippen molar-refractivity contribution < 1.29 is 22.4 Å². The van der Waals surface area contributed by atoms with E-state index in [1.165, 1.54) is 10.6 Å². The maximum atomic E-state index is 12.8. The Bertz CT molecular complexity index is 1150. The molecule has 2 heterocycles. The molecule has 1 amide bonds. The maximum Gasteiger partial charge on any atom is 0.228 e. The van der Waals surface area contributed by atoms with E-state index in [0.717, 1.165) is 16.4 Å². The molecule has 1 aliphatic rings. The number of methoxy groups -OCH3 is 1. The van der Waals surface area contributed by atoms with Crippen molar-refractivity contribution in [3.63, 3.8) is 0 Å². The predicted octanol–water partition coefficient (Wildman–Crippen LogP) is 3.20. The van der Waals surface area contributed by atoms with Crippen LogP contribution < -0.4 is 10.1 Å². The van der Waals surface area contributed by atoms with Gasteiger partial charge in [0, 0.05) is 29.9 Å². The van der Waals surface area contributed by atoms with Gasteiger partial charge in [0.15, 0.2) is 0 Å². The fraction of sp³-hybridized carbons (Fsp3) is 0.350. The zero-order valence-corrected chi connectivity index (χ0v) is 16.6. The molecule has 0 spiro atoms. The summed E-state index contributed by atoms with van der Waals surface area (Å²) in [6, 6.07) is 11.3. The molecule has 1 N–H and O–H groups in total. The molecule has 8 heteroatoms. The SMILES string of the molecule is COc1cc2c(cc1NC(=O)C1CCCN(S(C)(=O)=O)C1)oc1ccccc12. The van der Waals surface area contributed by atoms with E-state index in [2.05, 4.69) is 5.32 Å². The first kappa shape index (κ1) is 18.8. The Morgan fingerprint density at radius 1 is 1.21 bits per heavy atom. The van der Waals surface area contributed by atoms with Crippen LogP contribution in [0.5, 0.6) is 5.75 Å². The van der Waals surface area contributed by atoms with Gasteiger partial charge in [-0.15, -0.1) is 0 Å². The average molecular weight is 402 g/mol. The Hall–Kier alpha value is -2.58. The quantitative estimate of drug-likeness (QED) is 0.724. The van der Waals surface area contributed by atoms with Crippen LogP contribution in [0.15, 0.2) is 40.8 Å². The van der Waals surface area contributed by atoms with Gasteiger partial charge in [0.05, 0.1) is 25.0 Å². The van der Waals surface area contributed by atoms with E-state index < -0.39 is 15.9 Å². The van der Waals surface area contributed by atoms with Gasteiger partial charge in [-0.25, -0.2) is 12.7 Å². The summed E-state index contributed by atoms with van der Waals surface area (Å²) in [5.41, 5.74) is 1.92. The van der Waals surface area contributed by atoms with Crippen molar-refractivity contribution in [3.8, 4) is 5.75 Å². The van der Waals surface area contributed by atoms with Crippen LogP contribution >= 0.6 is 0 Å². The second-order valence-corrected chi connectivity index (χ2v) is 9.08. The Balaban J connectivity index is 1.63. The van der Waals surface area contributed by atoms with E-state index in [1.54, 1.807) is 13.2 Å². The molecule has 0 bridgehead atoms. The molecule has 1 aromatic heterocycles. The van der Waals surface area contributed by atoms with Crippen molar-refractivity contribution in [2.24, 2.45) is 5.92 Å². The number of ether oxygens (including phenoxy) is 1. The van der Waals surface area contributed by atoms with Crippen LogP contribution in [0.4, 0.5) is 5.69 Å². The molecule has 2 aromatic carbocycles. The van der Waals surface area contributed by atoms with E-state index in [4.69, 9.17) is 9.15 Å². The number of fused-ring (bicyclic) bond motifs is 3. The first-order chi connectivity index (χ1) is 13.4. The second-order valence-electron chi connectivity index (χ2n) is 7.10. The Morgan fingerprint density at radius 2 is 2.00 bits per heavy atom. The molecule has 1 unspecified atom stereocenters. The number of hydrogen-bond acceptors (Lipinski definition) is 5. The van der Waals surface area contributed by atoms with E-state index in [9.17, 15) is 13.2 Å². The van der Waals surface area contributed by atoms with Crippen LogP contribution in [0.1, 0.15) is 12.8 Å². The largest absolute Gasteiger partial charge is 0.495 e. The van der Waals surface area contributed by atoms with Crippen LogP contribution in [0, 0.1) is 5.92 Å². The highest BCUT2D eigenvalue weighted by Crippen LogP contribution is 2.36. The number of nitrogens with one attached hydrogen (secondary N) is 1. The van der Waals surface area contributed by atoms with Gasteiger partial charge in [0.25, 0.3) is 0 Å². The number of sulfonamides is 1. The van der Waals surface area contributed by atoms with Crippen molar-refractivity contribution in [3.05, 3.63) is 36.4 Å². The molecule has 148 valence electrons. The molecule has 7 nitrogen and oxygen atoms in total. The lowest BCUT2D eigenvalue weighted by Crippen LogP contribution is -2.43. The Labute approximate surface area is 163 Å². The number of benzene rings is 2. The van der Waals surface area contributed by atoms with Crippen molar-refractivity contribution in [1.82, 2.24) is 4.31 Å². The summed E-state index contributed by atoms with van der Waals surface area (Å²) >= 11 is 0. The molecule has 1 atom stereocenters. The van der Waals surface area contributed by atoms with Crippen LogP contribution in [-0.4, -0.2) is 45.1 Å². The van der Waals surface area contributed by atoms with Crippen molar-refractivity contribution in [2.75, 3.05) is 31.8 Å². The molecule has 0 saturated carbocycles. The number of rotatable bonds is 4. The monoisotopic (exact) mass is 402 g/mol. The molecular weight excluding hydrogens is 380 g/mol. The van der Waals surface area contributed by atoms with Gasteiger partial charge in [-0.3, -0.25) is 4.79 Å². The zero-order valence-electron chi connectivity index (χ0n) is 15.8. The van der Waals surface area contributed by atoms with E-state index >= 15 is 0 Å². The van der Waals surface area contributed by atoms with Gasteiger partial charge < -0.3 is 14.5 Å². The van der Waals surface area contributed by atoms with Gasteiger partial charge >= 0.3 is 0 Å². The third-order valence-electron chi connectivity index (χ3n) is 5.18. The van der Waals surface area contributed by atoms with Crippen LogP contribution in [0.25, 0.3) is 21.9 Å². The van der Waals surface area contributed by atoms with Crippen LogP contribution in [0.2, 0.25) is 0 Å². The van der Waals surface area contributed by atoms with E-state index in [0.29, 0.717) is 36.4 Å². The normalized spacial score (nSPS) is 18.4. The third-order valence-corrected chi connectivity index (χ3v) is 6.45. The van der Waals surface area contributed by atoms with Gasteiger partial charge in [-0.05, 0) is 25.0 Å². The minimum absolute atomic E-state index is 0.194. The van der Waals surface area contributed by atoms with Gasteiger partial charge in [0.2, 0.25) is 15.9 Å². The number of nitrogens with zero attached hydrogens (tertiary/aromatic N) is 1. The summed E-state index contributed by atoms with van der Waals surface area (Å²) in [4.78, 5) is 12.8. The number of furan rings is 1. The first-order valence-electron chi connectivity index (χ1n) is 9.12. The highest BCUT2D eigenvalue weighted by atomic mass is 32.2. The Morgan fingerprint density at radius 3 is 2.75 bits per heavy atom. The lowest BCUT2D eigenvalue weighted by molar-refractivity contribution is -0.120. The first-order valence-corrected chi connectivity index (χ1v) is 11.0. The number of anilines is 1. The summed E-state index contributed by atoms with van der Waals surface area (Å²) in [5.74, 6) is -0.0927. The van der Waals surface area contributed by atoms with Crippen molar-refractivity contribution >= 4 is 43.6 Å². The molecule has 28 heavy (non-hydrogen) atoms. The molecule has 3 aromatic rings. The lowest BCUT2D eigenvalue weighted by atomic mass is 9.98. The van der Waals surface area contributed by atoms with Crippen LogP contribution in [0.3, 0.4) is 0 Å². The fourth-order valence-corrected chi connectivity index (χ4v) is 4.62. The maximum absolute atomic E-state index is 12.8. The molecule has 1 fully saturated rings. The number of para-hydroxylation sites is 1. The fourth-order valence-electron chi connectivity index (χ4n) is 3.71. The minimum Gasteiger partial charge on any atom is -0.495 e. The van der Waals surface area contributed by atoms with Gasteiger partial charge in [-0.2, -0.15) is 0 Å². The molecule has 1 aliphatic heterocycles. The van der Waals surface area contributed by atoms with Gasteiger partial charge in [0.1, 0.15) is 16.9 Å². The number of hydrogen-bond donors (Lipinski definition) is 1. The highest BCUT2D eigenvalue weighted by molar-refractivity contribution is 7.88. The second kappa shape index (κ2) is 7.10. The molecular formula is C20H22N2O5S. The average Bonchev–Trinajstić information content (AvgIpc) is 3.04. The molecule has 1 saturated heterocycles. The van der Waals surface area contributed by atoms with E-state index in [-0.39, 0.29) is 12.5 Å². The zero-order chi connectivity index (χ0) is 19.9. The lowest BCUT2D eigenvalue weighted by Gasteiger charge is -2.30.